The summed E-state index contributed by atoms with van der Waals surface area (Å²) in [6.45, 7) is 1.42. The fourth-order valence-electron chi connectivity index (χ4n) is 2.14. The lowest BCUT2D eigenvalue weighted by atomic mass is 10.2. The summed E-state index contributed by atoms with van der Waals surface area (Å²) in [5, 5.41) is 12.2. The minimum absolute atomic E-state index is 0.175. The second-order valence-corrected chi connectivity index (χ2v) is 4.57. The molecule has 0 spiro atoms. The van der Waals surface area contributed by atoms with E-state index in [1.807, 2.05) is 12.1 Å². The van der Waals surface area contributed by atoms with Crippen molar-refractivity contribution in [3.8, 4) is 17.5 Å². The van der Waals surface area contributed by atoms with Gasteiger partial charge >= 0.3 is 0 Å². The van der Waals surface area contributed by atoms with Gasteiger partial charge in [0.1, 0.15) is 6.07 Å². The molecular formula is C14H14N4O2. The van der Waals surface area contributed by atoms with Gasteiger partial charge in [0.15, 0.2) is 0 Å². The van der Waals surface area contributed by atoms with E-state index in [1.165, 1.54) is 0 Å². The Kier molecular flexibility index (Phi) is 3.61. The number of hydrogen-bond acceptors (Lipinski definition) is 6. The van der Waals surface area contributed by atoms with E-state index in [4.69, 9.17) is 14.4 Å². The first-order valence-corrected chi connectivity index (χ1v) is 6.53. The average Bonchev–Trinajstić information content (AvgIpc) is 3.15. The van der Waals surface area contributed by atoms with Gasteiger partial charge in [0.2, 0.25) is 17.5 Å². The highest BCUT2D eigenvalue weighted by atomic mass is 16.5. The molecule has 1 saturated heterocycles. The summed E-state index contributed by atoms with van der Waals surface area (Å²) in [6.07, 6.45) is 5.60. The topological polar surface area (TPSA) is 84.0 Å². The molecule has 6 heteroatoms. The lowest BCUT2D eigenvalue weighted by molar-refractivity contribution is 0.120. The number of rotatable bonds is 4. The quantitative estimate of drug-likeness (QED) is 0.916. The molecule has 6 nitrogen and oxygen atoms in total. The number of hydrogen-bond donors (Lipinski definition) is 1. The zero-order chi connectivity index (χ0) is 13.8. The van der Waals surface area contributed by atoms with E-state index in [2.05, 4.69) is 15.3 Å². The number of nitriles is 1. The molecule has 1 aliphatic heterocycles. The maximum atomic E-state index is 9.11. The van der Waals surface area contributed by atoms with E-state index < -0.39 is 0 Å². The van der Waals surface area contributed by atoms with Gasteiger partial charge in [-0.15, -0.1) is 0 Å². The SMILES string of the molecule is N#Cc1nc(-c2cccnc2)oc1NCC1CCCO1. The van der Waals surface area contributed by atoms with Gasteiger partial charge in [0.05, 0.1) is 11.7 Å². The number of pyridine rings is 1. The molecule has 2 aromatic rings. The second kappa shape index (κ2) is 5.72. The molecule has 0 amide bonds. The van der Waals surface area contributed by atoms with Crippen LogP contribution >= 0.6 is 0 Å². The van der Waals surface area contributed by atoms with Gasteiger partial charge in [-0.3, -0.25) is 4.98 Å². The van der Waals surface area contributed by atoms with Crippen LogP contribution in [0.15, 0.2) is 28.9 Å². The molecule has 0 aliphatic carbocycles. The van der Waals surface area contributed by atoms with Gasteiger partial charge in [-0.25, -0.2) is 0 Å². The summed E-state index contributed by atoms with van der Waals surface area (Å²) in [5.41, 5.74) is 0.996. The van der Waals surface area contributed by atoms with Crippen LogP contribution in [0, 0.1) is 11.3 Å². The van der Waals surface area contributed by atoms with E-state index in [9.17, 15) is 0 Å². The second-order valence-electron chi connectivity index (χ2n) is 4.57. The number of anilines is 1. The molecule has 20 heavy (non-hydrogen) atoms. The molecule has 0 bridgehead atoms. The van der Waals surface area contributed by atoms with Crippen LogP contribution in [0.3, 0.4) is 0 Å². The predicted molar refractivity (Wildman–Crippen MR) is 71.9 cm³/mol. The molecule has 0 saturated carbocycles. The zero-order valence-electron chi connectivity index (χ0n) is 10.9. The third-order valence-corrected chi connectivity index (χ3v) is 3.16. The monoisotopic (exact) mass is 270 g/mol. The van der Waals surface area contributed by atoms with Crippen molar-refractivity contribution in [2.45, 2.75) is 18.9 Å². The third kappa shape index (κ3) is 2.63. The molecule has 0 radical (unpaired) electrons. The Labute approximate surface area is 116 Å². The third-order valence-electron chi connectivity index (χ3n) is 3.16. The highest BCUT2D eigenvalue weighted by Gasteiger charge is 2.18. The van der Waals surface area contributed by atoms with Crippen LogP contribution in [0.5, 0.6) is 0 Å². The summed E-state index contributed by atoms with van der Waals surface area (Å²) in [6, 6.07) is 5.67. The normalized spacial score (nSPS) is 17.9. The van der Waals surface area contributed by atoms with E-state index in [0.717, 1.165) is 25.0 Å². The van der Waals surface area contributed by atoms with Crippen LogP contribution < -0.4 is 5.32 Å². The van der Waals surface area contributed by atoms with Gasteiger partial charge in [-0.2, -0.15) is 10.2 Å². The molecular weight excluding hydrogens is 256 g/mol. The molecule has 1 fully saturated rings. The molecule has 102 valence electrons. The Morgan fingerprint density at radius 1 is 1.50 bits per heavy atom. The fourth-order valence-corrected chi connectivity index (χ4v) is 2.14. The van der Waals surface area contributed by atoms with E-state index in [-0.39, 0.29) is 11.8 Å². The molecule has 0 aromatic carbocycles. The molecule has 1 aliphatic rings. The Balaban J connectivity index is 1.77. The van der Waals surface area contributed by atoms with Crippen molar-refractivity contribution in [2.75, 3.05) is 18.5 Å². The Morgan fingerprint density at radius 3 is 3.15 bits per heavy atom. The van der Waals surface area contributed by atoms with Crippen molar-refractivity contribution in [1.82, 2.24) is 9.97 Å². The number of aromatic nitrogens is 2. The first-order chi connectivity index (χ1) is 9.86. The molecule has 2 aromatic heterocycles. The maximum absolute atomic E-state index is 9.11. The fraction of sp³-hybridized carbons (Fsp3) is 0.357. The van der Waals surface area contributed by atoms with Crippen LogP contribution in [0.1, 0.15) is 18.5 Å². The first kappa shape index (κ1) is 12.6. The van der Waals surface area contributed by atoms with Gasteiger partial charge in [0.25, 0.3) is 0 Å². The molecule has 1 atom stereocenters. The Morgan fingerprint density at radius 2 is 2.45 bits per heavy atom. The van der Waals surface area contributed by atoms with Crippen molar-refractivity contribution in [3.63, 3.8) is 0 Å². The number of oxazole rings is 1. The van der Waals surface area contributed by atoms with Crippen molar-refractivity contribution < 1.29 is 9.15 Å². The standard InChI is InChI=1S/C14H14N4O2/c15-7-12-14(17-9-11-4-2-6-19-11)20-13(18-12)10-3-1-5-16-8-10/h1,3,5,8,11,17H,2,4,6,9H2. The van der Waals surface area contributed by atoms with Crippen LogP contribution in [0.4, 0.5) is 5.88 Å². The predicted octanol–water partition coefficient (Wildman–Crippen LogP) is 2.20. The summed E-state index contributed by atoms with van der Waals surface area (Å²) in [4.78, 5) is 8.18. The Bertz CT molecular complexity index is 612. The number of ether oxygens (including phenoxy) is 1. The van der Waals surface area contributed by atoms with Crippen LogP contribution in [0.2, 0.25) is 0 Å². The largest absolute Gasteiger partial charge is 0.419 e. The minimum atomic E-state index is 0.175. The Hall–Kier alpha value is -2.39. The van der Waals surface area contributed by atoms with Crippen molar-refractivity contribution in [3.05, 3.63) is 30.2 Å². The van der Waals surface area contributed by atoms with E-state index >= 15 is 0 Å². The summed E-state index contributed by atoms with van der Waals surface area (Å²) < 4.78 is 11.1. The molecule has 3 heterocycles. The lowest BCUT2D eigenvalue weighted by Crippen LogP contribution is -2.18. The van der Waals surface area contributed by atoms with Crippen LogP contribution in [-0.4, -0.2) is 29.2 Å². The van der Waals surface area contributed by atoms with E-state index in [1.54, 1.807) is 18.5 Å². The highest BCUT2D eigenvalue weighted by molar-refractivity contribution is 5.57. The molecule has 1 N–H and O–H groups in total. The van der Waals surface area contributed by atoms with Gasteiger partial charge in [0, 0.05) is 25.5 Å². The van der Waals surface area contributed by atoms with Gasteiger partial charge in [-0.1, -0.05) is 0 Å². The zero-order valence-corrected chi connectivity index (χ0v) is 10.9. The lowest BCUT2D eigenvalue weighted by Gasteiger charge is -2.09. The maximum Gasteiger partial charge on any atom is 0.232 e. The summed E-state index contributed by atoms with van der Waals surface area (Å²) in [5.74, 6) is 0.784. The van der Waals surface area contributed by atoms with Crippen LogP contribution in [0.25, 0.3) is 11.5 Å². The van der Waals surface area contributed by atoms with Crippen molar-refractivity contribution in [1.29, 1.82) is 5.26 Å². The minimum Gasteiger partial charge on any atom is -0.419 e. The number of nitrogens with one attached hydrogen (secondary N) is 1. The average molecular weight is 270 g/mol. The summed E-state index contributed by atoms with van der Waals surface area (Å²) >= 11 is 0. The molecule has 1 unspecified atom stereocenters. The smallest absolute Gasteiger partial charge is 0.232 e. The van der Waals surface area contributed by atoms with Crippen LogP contribution in [-0.2, 0) is 4.74 Å². The summed E-state index contributed by atoms with van der Waals surface area (Å²) in [7, 11) is 0. The number of nitrogens with zero attached hydrogens (tertiary/aromatic N) is 3. The van der Waals surface area contributed by atoms with Crippen molar-refractivity contribution in [2.24, 2.45) is 0 Å². The molecule has 3 rings (SSSR count). The first-order valence-electron chi connectivity index (χ1n) is 6.53. The van der Waals surface area contributed by atoms with E-state index in [0.29, 0.717) is 18.3 Å². The highest BCUT2D eigenvalue weighted by Crippen LogP contribution is 2.25. The van der Waals surface area contributed by atoms with Gasteiger partial charge < -0.3 is 14.5 Å². The van der Waals surface area contributed by atoms with Gasteiger partial charge in [-0.05, 0) is 25.0 Å². The van der Waals surface area contributed by atoms with Crippen molar-refractivity contribution >= 4 is 5.88 Å².